The number of rotatable bonds is 0. The summed E-state index contributed by atoms with van der Waals surface area (Å²) in [4.78, 5) is 13.0. The molecule has 0 aliphatic heterocycles. The van der Waals surface area contributed by atoms with Crippen LogP contribution >= 0.6 is 0 Å². The fourth-order valence-corrected chi connectivity index (χ4v) is 4.08. The molecule has 0 saturated heterocycles. The van der Waals surface area contributed by atoms with Crippen LogP contribution in [0.25, 0.3) is 11.1 Å². The number of carbonyl (C=O) groups is 1. The molecule has 6 aromatic rings. The average molecular weight is 596 g/mol. The second-order valence-electron chi connectivity index (χ2n) is 8.62. The van der Waals surface area contributed by atoms with Gasteiger partial charge in [0.2, 0.25) is 0 Å². The van der Waals surface area contributed by atoms with Gasteiger partial charge in [0.15, 0.2) is 5.78 Å². The Labute approximate surface area is 257 Å². The van der Waals surface area contributed by atoms with Crippen molar-refractivity contribution in [3.05, 3.63) is 179 Å². The summed E-state index contributed by atoms with van der Waals surface area (Å²) >= 11 is 0. The maximum absolute atomic E-state index is 13.0. The molecule has 0 aromatic heterocycles. The molecule has 0 atom stereocenters. The Morgan fingerprint density at radius 3 is 1.20 bits per heavy atom. The van der Waals surface area contributed by atoms with E-state index >= 15 is 0 Å². The van der Waals surface area contributed by atoms with Crippen LogP contribution in [-0.2, 0) is 34.1 Å². The molecular formula is C37H24Fe2O-4. The number of hydrogen-bond acceptors (Lipinski definition) is 1. The molecule has 3 heteroatoms. The van der Waals surface area contributed by atoms with E-state index in [1.54, 1.807) is 0 Å². The van der Waals surface area contributed by atoms with Crippen LogP contribution in [0.5, 0.6) is 0 Å². The van der Waals surface area contributed by atoms with Gasteiger partial charge in [0.05, 0.1) is 0 Å². The maximum Gasteiger partial charge on any atom is 0.194 e. The fraction of sp³-hybridized carbons (Fsp3) is 0. The van der Waals surface area contributed by atoms with Crippen LogP contribution < -0.4 is 0 Å². The van der Waals surface area contributed by atoms with Crippen molar-refractivity contribution in [3.8, 4) is 34.8 Å². The van der Waals surface area contributed by atoms with Gasteiger partial charge in [-0.05, 0) is 34.4 Å². The Morgan fingerprint density at radius 1 is 0.500 bits per heavy atom. The molecule has 0 spiro atoms. The van der Waals surface area contributed by atoms with Crippen LogP contribution in [-0.4, -0.2) is 5.78 Å². The van der Waals surface area contributed by atoms with Gasteiger partial charge in [0.25, 0.3) is 0 Å². The molecule has 0 saturated carbocycles. The molecule has 0 unspecified atom stereocenters. The Balaban J connectivity index is 0.000000310. The van der Waals surface area contributed by atoms with Crippen LogP contribution in [0.1, 0.15) is 38.2 Å². The summed E-state index contributed by atoms with van der Waals surface area (Å²) in [6, 6.07) is 47.4. The molecule has 1 aliphatic carbocycles. The Morgan fingerprint density at radius 2 is 0.875 bits per heavy atom. The third-order valence-corrected chi connectivity index (χ3v) is 5.96. The van der Waals surface area contributed by atoms with E-state index < -0.39 is 0 Å². The van der Waals surface area contributed by atoms with Crippen molar-refractivity contribution in [3.63, 3.8) is 0 Å². The number of ketones is 1. The first-order chi connectivity index (χ1) is 18.8. The smallest absolute Gasteiger partial charge is 0.194 e. The molecule has 0 amide bonds. The second-order valence-corrected chi connectivity index (χ2v) is 8.62. The first kappa shape index (κ1) is 30.2. The predicted octanol–water partition coefficient (Wildman–Crippen LogP) is 7.94. The van der Waals surface area contributed by atoms with Gasteiger partial charge in [0, 0.05) is 45.3 Å². The Hall–Kier alpha value is -4.33. The van der Waals surface area contributed by atoms with Crippen molar-refractivity contribution in [2.75, 3.05) is 0 Å². The van der Waals surface area contributed by atoms with Crippen LogP contribution in [0.3, 0.4) is 0 Å². The molecule has 198 valence electrons. The molecule has 0 heterocycles. The topological polar surface area (TPSA) is 17.1 Å². The monoisotopic (exact) mass is 596 g/mol. The predicted molar refractivity (Wildman–Crippen MR) is 155 cm³/mol. The van der Waals surface area contributed by atoms with E-state index in [1.165, 1.54) is 0 Å². The largest absolute Gasteiger partial charge is 0.289 e. The van der Waals surface area contributed by atoms with Gasteiger partial charge >= 0.3 is 0 Å². The number of fused-ring (bicyclic) bond motifs is 3. The molecule has 40 heavy (non-hydrogen) atoms. The third-order valence-electron chi connectivity index (χ3n) is 5.96. The van der Waals surface area contributed by atoms with Crippen molar-refractivity contribution in [2.24, 2.45) is 0 Å². The summed E-state index contributed by atoms with van der Waals surface area (Å²) < 4.78 is 0. The van der Waals surface area contributed by atoms with Crippen molar-refractivity contribution in [2.45, 2.75) is 0 Å². The molecule has 1 nitrogen and oxygen atoms in total. The van der Waals surface area contributed by atoms with Gasteiger partial charge in [-0.3, -0.25) is 4.79 Å². The Bertz CT molecular complexity index is 1550. The number of benzene rings is 2. The van der Waals surface area contributed by atoms with Crippen molar-refractivity contribution >= 4 is 5.78 Å². The second kappa shape index (κ2) is 15.3. The molecule has 0 radical (unpaired) electrons. The van der Waals surface area contributed by atoms with E-state index in [1.807, 2.05) is 146 Å². The minimum atomic E-state index is 0. The molecule has 6 aromatic carbocycles. The zero-order chi connectivity index (χ0) is 26.0. The van der Waals surface area contributed by atoms with E-state index in [-0.39, 0.29) is 39.9 Å². The third kappa shape index (κ3) is 7.85. The molecule has 1 aliphatic rings. The summed E-state index contributed by atoms with van der Waals surface area (Å²) in [5, 5.41) is 0. The van der Waals surface area contributed by atoms with E-state index in [0.717, 1.165) is 33.4 Å². The normalized spacial score (nSPS) is 9.75. The van der Waals surface area contributed by atoms with Crippen molar-refractivity contribution in [1.29, 1.82) is 0 Å². The SMILES string of the molecule is O=C1c2cc(C#C[c-]3cccc3)ccc2-c2ccc(C#C[c-]3cccc3)cc21.[Fe].[Fe].c1cc[cH-]c1.c1cc[cH-]c1. The standard InChI is InChI=1S/C27H14O.2C5H5.2Fe/c28-27-25-17-21(11-9-19-5-1-2-6-19)13-15-23(25)24-16-14-22(18-26(24)27)12-10-20-7-3-4-8-20;2*1-2-4-5-3-1;;/h1-8,13-18H;2*1-5H;;/q-2;2*-1;;. The van der Waals surface area contributed by atoms with Crippen LogP contribution in [0.2, 0.25) is 0 Å². The summed E-state index contributed by atoms with van der Waals surface area (Å²) in [6.45, 7) is 0. The van der Waals surface area contributed by atoms with Gasteiger partial charge in [-0.25, -0.2) is 24.3 Å². The summed E-state index contributed by atoms with van der Waals surface area (Å²) in [7, 11) is 0. The van der Waals surface area contributed by atoms with Crippen LogP contribution in [0, 0.1) is 23.7 Å². The minimum absolute atomic E-state index is 0. The van der Waals surface area contributed by atoms with Crippen molar-refractivity contribution < 1.29 is 38.9 Å². The zero-order valence-corrected chi connectivity index (χ0v) is 23.7. The van der Waals surface area contributed by atoms with Gasteiger partial charge in [-0.2, -0.15) is 84.3 Å². The van der Waals surface area contributed by atoms with E-state index in [0.29, 0.717) is 11.1 Å². The minimum Gasteiger partial charge on any atom is -0.289 e. The molecule has 0 fully saturated rings. The van der Waals surface area contributed by atoms with E-state index in [4.69, 9.17) is 0 Å². The summed E-state index contributed by atoms with van der Waals surface area (Å²) in [5.74, 6) is 12.6. The number of hydrogen-bond donors (Lipinski definition) is 0. The fourth-order valence-electron chi connectivity index (χ4n) is 4.08. The zero-order valence-electron chi connectivity index (χ0n) is 21.5. The first-order valence-corrected chi connectivity index (χ1v) is 12.4. The maximum atomic E-state index is 13.0. The molecule has 0 N–H and O–H groups in total. The summed E-state index contributed by atoms with van der Waals surface area (Å²) in [5.41, 5.74) is 7.00. The van der Waals surface area contributed by atoms with Crippen LogP contribution in [0.4, 0.5) is 0 Å². The van der Waals surface area contributed by atoms with Gasteiger partial charge in [-0.1, -0.05) is 35.4 Å². The first-order valence-electron chi connectivity index (χ1n) is 12.4. The van der Waals surface area contributed by atoms with Gasteiger partial charge in [-0.15, -0.1) is 24.3 Å². The molecule has 0 bridgehead atoms. The van der Waals surface area contributed by atoms with E-state index in [2.05, 4.69) is 23.7 Å². The van der Waals surface area contributed by atoms with E-state index in [9.17, 15) is 4.79 Å². The average Bonchev–Trinajstić information content (AvgIpc) is 3.80. The number of carbonyl (C=O) groups excluding carboxylic acids is 1. The van der Waals surface area contributed by atoms with Crippen LogP contribution in [0.15, 0.2) is 146 Å². The molecular weight excluding hydrogens is 572 g/mol. The van der Waals surface area contributed by atoms with Gasteiger partial charge < -0.3 is 0 Å². The van der Waals surface area contributed by atoms with Gasteiger partial charge in [0.1, 0.15) is 0 Å². The summed E-state index contributed by atoms with van der Waals surface area (Å²) in [6.07, 6.45) is 0. The quantitative estimate of drug-likeness (QED) is 0.0988. The van der Waals surface area contributed by atoms with Crippen molar-refractivity contribution in [1.82, 2.24) is 0 Å². The Kier molecular flexibility index (Phi) is 11.6. The molecule has 7 rings (SSSR count).